The van der Waals surface area contributed by atoms with Crippen LogP contribution >= 0.6 is 0 Å². The minimum atomic E-state index is -4.05. The average Bonchev–Trinajstić information content (AvgIpc) is 2.34. The van der Waals surface area contributed by atoms with Crippen LogP contribution in [0, 0.1) is 18.8 Å². The first kappa shape index (κ1) is 15.6. The van der Waals surface area contributed by atoms with Crippen molar-refractivity contribution < 1.29 is 22.3 Å². The Morgan fingerprint density at radius 1 is 1.42 bits per heavy atom. The fourth-order valence-electron chi connectivity index (χ4n) is 1.36. The standard InChI is InChI=1S/C12H13F2NO3S/c1-9-4-5-11(10(7-9)3-2-6-16)19(17,18)15-8-12(13)14/h4-5,7,12,15-16H,6,8H2,1H3. The Morgan fingerprint density at radius 2 is 2.11 bits per heavy atom. The van der Waals surface area contributed by atoms with Gasteiger partial charge in [-0.2, -0.15) is 0 Å². The maximum atomic E-state index is 12.1. The zero-order valence-electron chi connectivity index (χ0n) is 10.2. The van der Waals surface area contributed by atoms with Gasteiger partial charge in [-0.05, 0) is 24.6 Å². The van der Waals surface area contributed by atoms with Crippen LogP contribution in [0.3, 0.4) is 0 Å². The maximum absolute atomic E-state index is 12.1. The van der Waals surface area contributed by atoms with Crippen LogP contribution in [0.25, 0.3) is 0 Å². The van der Waals surface area contributed by atoms with E-state index in [-0.39, 0.29) is 10.5 Å². The molecule has 2 N–H and O–H groups in total. The summed E-state index contributed by atoms with van der Waals surface area (Å²) in [6.45, 7) is 0.369. The molecule has 0 aliphatic rings. The molecule has 0 unspecified atom stereocenters. The van der Waals surface area contributed by atoms with Crippen molar-refractivity contribution in [2.45, 2.75) is 18.2 Å². The van der Waals surface area contributed by atoms with E-state index in [2.05, 4.69) is 11.8 Å². The molecule has 0 aromatic heterocycles. The molecule has 0 bridgehead atoms. The summed E-state index contributed by atoms with van der Waals surface area (Å²) in [7, 11) is -4.05. The van der Waals surface area contributed by atoms with E-state index >= 15 is 0 Å². The average molecular weight is 289 g/mol. The molecular weight excluding hydrogens is 276 g/mol. The van der Waals surface area contributed by atoms with Gasteiger partial charge < -0.3 is 5.11 Å². The van der Waals surface area contributed by atoms with Crippen LogP contribution in [0.15, 0.2) is 23.1 Å². The monoisotopic (exact) mass is 289 g/mol. The van der Waals surface area contributed by atoms with E-state index in [0.717, 1.165) is 5.56 Å². The number of halogens is 2. The number of nitrogens with one attached hydrogen (secondary N) is 1. The van der Waals surface area contributed by atoms with Gasteiger partial charge in [0.05, 0.1) is 11.4 Å². The number of alkyl halides is 2. The van der Waals surface area contributed by atoms with Crippen molar-refractivity contribution in [2.75, 3.05) is 13.2 Å². The van der Waals surface area contributed by atoms with E-state index in [9.17, 15) is 17.2 Å². The number of hydrogen-bond donors (Lipinski definition) is 2. The highest BCUT2D eigenvalue weighted by molar-refractivity contribution is 7.89. The van der Waals surface area contributed by atoms with Crippen LogP contribution in [0.4, 0.5) is 8.78 Å². The molecule has 0 aliphatic carbocycles. The quantitative estimate of drug-likeness (QED) is 0.809. The van der Waals surface area contributed by atoms with Crippen molar-refractivity contribution in [3.8, 4) is 11.8 Å². The lowest BCUT2D eigenvalue weighted by molar-refractivity contribution is 0.153. The maximum Gasteiger partial charge on any atom is 0.251 e. The summed E-state index contributed by atoms with van der Waals surface area (Å²) in [6.07, 6.45) is -2.77. The van der Waals surface area contributed by atoms with E-state index in [1.165, 1.54) is 12.1 Å². The van der Waals surface area contributed by atoms with Crippen LogP contribution in [-0.4, -0.2) is 33.1 Å². The highest BCUT2D eigenvalue weighted by Crippen LogP contribution is 2.16. The van der Waals surface area contributed by atoms with E-state index in [1.807, 2.05) is 0 Å². The largest absolute Gasteiger partial charge is 0.384 e. The fourth-order valence-corrected chi connectivity index (χ4v) is 2.51. The molecule has 0 saturated carbocycles. The smallest absolute Gasteiger partial charge is 0.251 e. The summed E-state index contributed by atoms with van der Waals surface area (Å²) in [4.78, 5) is -0.181. The van der Waals surface area contributed by atoms with Gasteiger partial charge in [-0.3, -0.25) is 0 Å². The van der Waals surface area contributed by atoms with Crippen LogP contribution in [-0.2, 0) is 10.0 Å². The second-order valence-electron chi connectivity index (χ2n) is 3.70. The first-order valence-electron chi connectivity index (χ1n) is 5.35. The molecule has 4 nitrogen and oxygen atoms in total. The molecule has 0 aliphatic heterocycles. The van der Waals surface area contributed by atoms with Crippen LogP contribution in [0.5, 0.6) is 0 Å². The molecule has 7 heteroatoms. The molecule has 19 heavy (non-hydrogen) atoms. The van der Waals surface area contributed by atoms with E-state index in [1.54, 1.807) is 17.7 Å². The SMILES string of the molecule is Cc1ccc(S(=O)(=O)NCC(F)F)c(C#CCO)c1. The predicted octanol–water partition coefficient (Wildman–Crippen LogP) is 0.882. The van der Waals surface area contributed by atoms with Crippen molar-refractivity contribution in [3.05, 3.63) is 29.3 Å². The highest BCUT2D eigenvalue weighted by Gasteiger charge is 2.19. The Bertz CT molecular complexity index is 603. The topological polar surface area (TPSA) is 66.4 Å². The molecule has 0 saturated heterocycles. The van der Waals surface area contributed by atoms with Gasteiger partial charge in [0, 0.05) is 5.56 Å². The van der Waals surface area contributed by atoms with Gasteiger partial charge in [-0.1, -0.05) is 17.9 Å². The van der Waals surface area contributed by atoms with Crippen molar-refractivity contribution in [1.82, 2.24) is 4.72 Å². The van der Waals surface area contributed by atoms with Crippen molar-refractivity contribution in [2.24, 2.45) is 0 Å². The molecule has 1 aromatic rings. The second-order valence-corrected chi connectivity index (χ2v) is 5.44. The molecule has 0 spiro atoms. The number of rotatable bonds is 4. The van der Waals surface area contributed by atoms with Gasteiger partial charge in [0.2, 0.25) is 10.0 Å². The van der Waals surface area contributed by atoms with Crippen molar-refractivity contribution in [3.63, 3.8) is 0 Å². The van der Waals surface area contributed by atoms with E-state index in [4.69, 9.17) is 5.11 Å². The molecule has 0 amide bonds. The van der Waals surface area contributed by atoms with Gasteiger partial charge in [-0.25, -0.2) is 21.9 Å². The summed E-state index contributed by atoms with van der Waals surface area (Å²) < 4.78 is 49.6. The fraction of sp³-hybridized carbons (Fsp3) is 0.333. The Kier molecular flexibility index (Phi) is 5.42. The molecule has 1 rings (SSSR count). The minimum Gasteiger partial charge on any atom is -0.384 e. The van der Waals surface area contributed by atoms with Crippen molar-refractivity contribution in [1.29, 1.82) is 0 Å². The third-order valence-corrected chi connectivity index (χ3v) is 3.64. The molecule has 0 radical (unpaired) electrons. The molecule has 1 aromatic carbocycles. The van der Waals surface area contributed by atoms with Gasteiger partial charge >= 0.3 is 0 Å². The Hall–Kier alpha value is -1.49. The van der Waals surface area contributed by atoms with Crippen molar-refractivity contribution >= 4 is 10.0 Å². The minimum absolute atomic E-state index is 0.163. The third-order valence-electron chi connectivity index (χ3n) is 2.15. The summed E-state index contributed by atoms with van der Waals surface area (Å²) in [5.41, 5.74) is 0.936. The Morgan fingerprint density at radius 3 is 2.68 bits per heavy atom. The molecule has 0 heterocycles. The van der Waals surface area contributed by atoms with E-state index < -0.39 is 29.6 Å². The lowest BCUT2D eigenvalue weighted by Crippen LogP contribution is -2.29. The number of hydrogen-bond acceptors (Lipinski definition) is 3. The Labute approximate surface area is 110 Å². The number of aryl methyl sites for hydroxylation is 1. The highest BCUT2D eigenvalue weighted by atomic mass is 32.2. The van der Waals surface area contributed by atoms with Gasteiger partial charge in [0.15, 0.2) is 0 Å². The summed E-state index contributed by atoms with van der Waals surface area (Å²) in [5.74, 6) is 4.83. The second kappa shape index (κ2) is 6.61. The number of aliphatic hydroxyl groups excluding tert-OH is 1. The third kappa shape index (κ3) is 4.59. The molecular formula is C12H13F2NO3S. The van der Waals surface area contributed by atoms with Gasteiger partial charge in [0.1, 0.15) is 6.61 Å². The number of sulfonamides is 1. The van der Waals surface area contributed by atoms with Crippen LogP contribution in [0.2, 0.25) is 0 Å². The van der Waals surface area contributed by atoms with Crippen LogP contribution < -0.4 is 4.72 Å². The Balaban J connectivity index is 3.18. The zero-order chi connectivity index (χ0) is 14.5. The summed E-state index contributed by atoms with van der Waals surface area (Å²) in [6, 6.07) is 4.35. The molecule has 104 valence electrons. The van der Waals surface area contributed by atoms with Gasteiger partial charge in [0.25, 0.3) is 6.43 Å². The lowest BCUT2D eigenvalue weighted by Gasteiger charge is -2.09. The van der Waals surface area contributed by atoms with E-state index in [0.29, 0.717) is 0 Å². The molecule has 0 atom stereocenters. The zero-order valence-corrected chi connectivity index (χ0v) is 11.0. The number of aliphatic hydroxyl groups is 1. The normalized spacial score (nSPS) is 11.2. The molecule has 0 fully saturated rings. The first-order valence-corrected chi connectivity index (χ1v) is 6.83. The van der Waals surface area contributed by atoms with Crippen LogP contribution in [0.1, 0.15) is 11.1 Å². The lowest BCUT2D eigenvalue weighted by atomic mass is 10.1. The number of benzene rings is 1. The summed E-state index contributed by atoms with van der Waals surface area (Å²) >= 11 is 0. The summed E-state index contributed by atoms with van der Waals surface area (Å²) in [5, 5.41) is 8.63. The van der Waals surface area contributed by atoms with Gasteiger partial charge in [-0.15, -0.1) is 0 Å². The predicted molar refractivity (Wildman–Crippen MR) is 66.3 cm³/mol. The first-order chi connectivity index (χ1) is 8.86.